The Bertz CT molecular complexity index is 767. The Balaban J connectivity index is 1.81. The molecular weight excluding hydrogens is 314 g/mol. The smallest absolute Gasteiger partial charge is 0.257 e. The first-order valence-electron chi connectivity index (χ1n) is 8.66. The zero-order valence-electron chi connectivity index (χ0n) is 14.4. The van der Waals surface area contributed by atoms with E-state index in [1.54, 1.807) is 31.3 Å². The summed E-state index contributed by atoms with van der Waals surface area (Å²) < 4.78 is 0. The molecule has 2 amide bonds. The average Bonchev–Trinajstić information content (AvgIpc) is 2.68. The molecule has 3 rings (SSSR count). The number of nitrogens with one attached hydrogen (secondary N) is 2. The van der Waals surface area contributed by atoms with Crippen LogP contribution in [0.4, 0.5) is 11.4 Å². The van der Waals surface area contributed by atoms with E-state index in [0.29, 0.717) is 16.8 Å². The molecule has 0 aromatic heterocycles. The number of carbonyl (C=O) groups is 2. The molecule has 0 spiro atoms. The third kappa shape index (κ3) is 3.99. The zero-order chi connectivity index (χ0) is 17.6. The van der Waals surface area contributed by atoms with Gasteiger partial charge in [-0.1, -0.05) is 18.2 Å². The van der Waals surface area contributed by atoms with Crippen LogP contribution in [-0.2, 0) is 0 Å². The Labute approximate surface area is 148 Å². The second-order valence-corrected chi connectivity index (χ2v) is 6.18. The van der Waals surface area contributed by atoms with E-state index in [1.165, 1.54) is 6.42 Å². The Morgan fingerprint density at radius 3 is 2.44 bits per heavy atom. The summed E-state index contributed by atoms with van der Waals surface area (Å²) in [5.74, 6) is -0.333. The fourth-order valence-electron chi connectivity index (χ4n) is 3.16. The van der Waals surface area contributed by atoms with Crippen LogP contribution in [-0.4, -0.2) is 32.0 Å². The van der Waals surface area contributed by atoms with Gasteiger partial charge in [-0.2, -0.15) is 0 Å². The van der Waals surface area contributed by atoms with Gasteiger partial charge < -0.3 is 15.5 Å². The molecule has 0 radical (unpaired) electrons. The number of para-hydroxylation sites is 1. The highest BCUT2D eigenvalue weighted by Gasteiger charge is 2.18. The van der Waals surface area contributed by atoms with Crippen LogP contribution in [0.1, 0.15) is 40.0 Å². The number of amides is 2. The van der Waals surface area contributed by atoms with Crippen molar-refractivity contribution in [3.63, 3.8) is 0 Å². The van der Waals surface area contributed by atoms with Gasteiger partial charge in [-0.25, -0.2) is 0 Å². The molecule has 0 atom stereocenters. The monoisotopic (exact) mass is 337 g/mol. The lowest BCUT2D eigenvalue weighted by atomic mass is 10.1. The van der Waals surface area contributed by atoms with Crippen LogP contribution < -0.4 is 15.5 Å². The fraction of sp³-hybridized carbons (Fsp3) is 0.300. The van der Waals surface area contributed by atoms with Gasteiger partial charge in [0.15, 0.2) is 0 Å². The second-order valence-electron chi connectivity index (χ2n) is 6.18. The van der Waals surface area contributed by atoms with Gasteiger partial charge in [0.05, 0.1) is 5.56 Å². The first-order valence-corrected chi connectivity index (χ1v) is 8.66. The first-order chi connectivity index (χ1) is 12.2. The van der Waals surface area contributed by atoms with Gasteiger partial charge in [0.2, 0.25) is 0 Å². The normalized spacial score (nSPS) is 14.0. The number of anilines is 2. The van der Waals surface area contributed by atoms with Gasteiger partial charge in [-0.15, -0.1) is 0 Å². The topological polar surface area (TPSA) is 61.4 Å². The molecule has 2 N–H and O–H groups in total. The van der Waals surface area contributed by atoms with Crippen molar-refractivity contribution in [1.29, 1.82) is 0 Å². The molecule has 0 bridgehead atoms. The lowest BCUT2D eigenvalue weighted by Crippen LogP contribution is -2.31. The van der Waals surface area contributed by atoms with Gasteiger partial charge >= 0.3 is 0 Å². The maximum absolute atomic E-state index is 12.8. The molecule has 130 valence electrons. The summed E-state index contributed by atoms with van der Waals surface area (Å²) >= 11 is 0. The Kier molecular flexibility index (Phi) is 5.33. The Morgan fingerprint density at radius 1 is 0.920 bits per heavy atom. The van der Waals surface area contributed by atoms with Gasteiger partial charge in [0.1, 0.15) is 0 Å². The fourth-order valence-corrected chi connectivity index (χ4v) is 3.16. The molecule has 25 heavy (non-hydrogen) atoms. The highest BCUT2D eigenvalue weighted by Crippen LogP contribution is 2.25. The Hall–Kier alpha value is -2.82. The van der Waals surface area contributed by atoms with Crippen molar-refractivity contribution in [1.82, 2.24) is 5.32 Å². The van der Waals surface area contributed by atoms with Gasteiger partial charge in [0.25, 0.3) is 11.8 Å². The molecule has 2 aromatic carbocycles. The standard InChI is InChI=1S/C20H23N3O2/c1-21-19(24)15-8-7-9-16(14-15)22-20(25)17-10-3-4-11-18(17)23-12-5-2-6-13-23/h3-4,7-11,14H,2,5-6,12-13H2,1H3,(H,21,24)(H,22,25). The number of rotatable bonds is 4. The molecule has 0 aliphatic carbocycles. The quantitative estimate of drug-likeness (QED) is 0.900. The minimum absolute atomic E-state index is 0.157. The first kappa shape index (κ1) is 17.0. The predicted octanol–water partition coefficient (Wildman–Crippen LogP) is 3.29. The minimum atomic E-state index is -0.176. The molecule has 1 aliphatic heterocycles. The van der Waals surface area contributed by atoms with Gasteiger partial charge in [0, 0.05) is 37.1 Å². The van der Waals surface area contributed by atoms with Crippen LogP contribution in [0, 0.1) is 0 Å². The number of hydrogen-bond acceptors (Lipinski definition) is 3. The summed E-state index contributed by atoms with van der Waals surface area (Å²) in [5.41, 5.74) is 2.76. The van der Waals surface area contributed by atoms with Gasteiger partial charge in [-0.05, 0) is 49.6 Å². The third-order valence-electron chi connectivity index (χ3n) is 4.46. The largest absolute Gasteiger partial charge is 0.371 e. The van der Waals surface area contributed by atoms with Crippen LogP contribution in [0.15, 0.2) is 48.5 Å². The molecule has 1 fully saturated rings. The molecule has 5 heteroatoms. The number of benzene rings is 2. The summed E-state index contributed by atoms with van der Waals surface area (Å²) in [4.78, 5) is 26.8. The van der Waals surface area contributed by atoms with E-state index >= 15 is 0 Å². The van der Waals surface area contributed by atoms with E-state index < -0.39 is 0 Å². The molecule has 1 heterocycles. The zero-order valence-corrected chi connectivity index (χ0v) is 14.4. The summed E-state index contributed by atoms with van der Waals surface area (Å²) in [7, 11) is 1.59. The predicted molar refractivity (Wildman–Crippen MR) is 100 cm³/mol. The van der Waals surface area contributed by atoms with Crippen LogP contribution in [0.5, 0.6) is 0 Å². The van der Waals surface area contributed by atoms with Crippen molar-refractivity contribution in [2.45, 2.75) is 19.3 Å². The molecule has 0 unspecified atom stereocenters. The van der Waals surface area contributed by atoms with Crippen molar-refractivity contribution in [3.05, 3.63) is 59.7 Å². The average molecular weight is 337 g/mol. The molecule has 0 saturated carbocycles. The molecular formula is C20H23N3O2. The van der Waals surface area contributed by atoms with Crippen molar-refractivity contribution < 1.29 is 9.59 Å². The number of piperidine rings is 1. The van der Waals surface area contributed by atoms with Crippen molar-refractivity contribution in [2.24, 2.45) is 0 Å². The number of hydrogen-bond donors (Lipinski definition) is 2. The summed E-state index contributed by atoms with van der Waals surface area (Å²) in [6.07, 6.45) is 3.56. The van der Waals surface area contributed by atoms with Crippen molar-refractivity contribution in [3.8, 4) is 0 Å². The lowest BCUT2D eigenvalue weighted by molar-refractivity contribution is 0.0961. The molecule has 2 aromatic rings. The maximum atomic E-state index is 12.8. The summed E-state index contributed by atoms with van der Waals surface area (Å²) in [6, 6.07) is 14.6. The molecule has 5 nitrogen and oxygen atoms in total. The Morgan fingerprint density at radius 2 is 1.68 bits per heavy atom. The maximum Gasteiger partial charge on any atom is 0.257 e. The van der Waals surface area contributed by atoms with Gasteiger partial charge in [-0.3, -0.25) is 9.59 Å². The van der Waals surface area contributed by atoms with Crippen LogP contribution in [0.3, 0.4) is 0 Å². The van der Waals surface area contributed by atoms with E-state index in [2.05, 4.69) is 15.5 Å². The van der Waals surface area contributed by atoms with Crippen molar-refractivity contribution in [2.75, 3.05) is 30.4 Å². The van der Waals surface area contributed by atoms with Crippen molar-refractivity contribution >= 4 is 23.2 Å². The molecule has 1 saturated heterocycles. The van der Waals surface area contributed by atoms with E-state index in [9.17, 15) is 9.59 Å². The van der Waals surface area contributed by atoms with E-state index in [0.717, 1.165) is 31.6 Å². The highest BCUT2D eigenvalue weighted by molar-refractivity contribution is 6.08. The lowest BCUT2D eigenvalue weighted by Gasteiger charge is -2.30. The second kappa shape index (κ2) is 7.83. The summed E-state index contributed by atoms with van der Waals surface area (Å²) in [5, 5.41) is 5.50. The van der Waals surface area contributed by atoms with Crippen LogP contribution in [0.2, 0.25) is 0 Å². The SMILES string of the molecule is CNC(=O)c1cccc(NC(=O)c2ccccc2N2CCCCC2)c1. The third-order valence-corrected chi connectivity index (χ3v) is 4.46. The van der Waals surface area contributed by atoms with E-state index in [4.69, 9.17) is 0 Å². The van der Waals surface area contributed by atoms with E-state index in [-0.39, 0.29) is 11.8 Å². The highest BCUT2D eigenvalue weighted by atomic mass is 16.2. The molecule has 1 aliphatic rings. The number of nitrogens with zero attached hydrogens (tertiary/aromatic N) is 1. The minimum Gasteiger partial charge on any atom is -0.371 e. The van der Waals surface area contributed by atoms with Crippen LogP contribution in [0.25, 0.3) is 0 Å². The summed E-state index contributed by atoms with van der Waals surface area (Å²) in [6.45, 7) is 1.97. The number of carbonyl (C=O) groups excluding carboxylic acids is 2. The van der Waals surface area contributed by atoms with Crippen LogP contribution >= 0.6 is 0 Å². The van der Waals surface area contributed by atoms with E-state index in [1.807, 2.05) is 24.3 Å².